The van der Waals surface area contributed by atoms with Crippen LogP contribution in [0.4, 0.5) is 0 Å². The smallest absolute Gasteiger partial charge is 0.241 e. The summed E-state index contributed by atoms with van der Waals surface area (Å²) in [5.41, 5.74) is 5.73. The van der Waals surface area contributed by atoms with Crippen molar-refractivity contribution in [3.8, 4) is 0 Å². The Bertz CT molecular complexity index is 293. The van der Waals surface area contributed by atoms with Crippen LogP contribution in [0.25, 0.3) is 0 Å². The van der Waals surface area contributed by atoms with Crippen LogP contribution in [0.3, 0.4) is 0 Å². The zero-order valence-corrected chi connectivity index (χ0v) is 11.0. The second-order valence-electron chi connectivity index (χ2n) is 5.27. The molecule has 98 valence electrons. The van der Waals surface area contributed by atoms with Gasteiger partial charge >= 0.3 is 0 Å². The Hall–Kier alpha value is -1.10. The summed E-state index contributed by atoms with van der Waals surface area (Å²) in [6.45, 7) is 0.709. The van der Waals surface area contributed by atoms with Crippen LogP contribution in [-0.2, 0) is 9.59 Å². The lowest BCUT2D eigenvalue weighted by Gasteiger charge is -2.41. The highest BCUT2D eigenvalue weighted by molar-refractivity contribution is 5.84. The lowest BCUT2D eigenvalue weighted by Crippen LogP contribution is -2.44. The Balaban J connectivity index is 2.44. The molecule has 1 aliphatic carbocycles. The standard InChI is InChI=1S/C12H23N3O2/c1-14(2)11(17)8-15(3)10(16)7-12(9-13)5-4-6-12/h4-9,13H2,1-3H3. The molecular weight excluding hydrogens is 218 g/mol. The molecule has 5 nitrogen and oxygen atoms in total. The number of nitrogens with zero attached hydrogens (tertiary/aromatic N) is 2. The van der Waals surface area contributed by atoms with Crippen LogP contribution in [-0.4, -0.2) is 55.8 Å². The molecule has 2 amide bonds. The number of nitrogens with two attached hydrogens (primary N) is 1. The quantitative estimate of drug-likeness (QED) is 0.739. The van der Waals surface area contributed by atoms with Crippen molar-refractivity contribution in [3.05, 3.63) is 0 Å². The summed E-state index contributed by atoms with van der Waals surface area (Å²) in [5, 5.41) is 0. The number of rotatable bonds is 5. The number of hydrogen-bond acceptors (Lipinski definition) is 3. The number of carbonyl (C=O) groups excluding carboxylic acids is 2. The molecule has 1 rings (SSSR count). The van der Waals surface area contributed by atoms with E-state index in [9.17, 15) is 9.59 Å². The first-order valence-corrected chi connectivity index (χ1v) is 6.04. The van der Waals surface area contributed by atoms with E-state index < -0.39 is 0 Å². The van der Waals surface area contributed by atoms with E-state index >= 15 is 0 Å². The minimum Gasteiger partial charge on any atom is -0.347 e. The summed E-state index contributed by atoms with van der Waals surface area (Å²) in [7, 11) is 5.05. The van der Waals surface area contributed by atoms with Gasteiger partial charge in [-0.1, -0.05) is 6.42 Å². The average Bonchev–Trinajstić information content (AvgIpc) is 2.22. The van der Waals surface area contributed by atoms with E-state index in [4.69, 9.17) is 5.73 Å². The third-order valence-electron chi connectivity index (χ3n) is 3.67. The average molecular weight is 241 g/mol. The van der Waals surface area contributed by atoms with Crippen molar-refractivity contribution in [2.24, 2.45) is 11.1 Å². The fourth-order valence-electron chi connectivity index (χ4n) is 2.02. The highest BCUT2D eigenvalue weighted by atomic mass is 16.2. The van der Waals surface area contributed by atoms with E-state index in [0.29, 0.717) is 13.0 Å². The Morgan fingerprint density at radius 1 is 1.18 bits per heavy atom. The maximum atomic E-state index is 12.0. The summed E-state index contributed by atoms with van der Waals surface area (Å²) >= 11 is 0. The molecule has 0 aromatic carbocycles. The van der Waals surface area contributed by atoms with Gasteiger partial charge in [0.05, 0.1) is 6.54 Å². The van der Waals surface area contributed by atoms with Crippen molar-refractivity contribution in [1.82, 2.24) is 9.80 Å². The highest BCUT2D eigenvalue weighted by Gasteiger charge is 2.38. The molecule has 0 radical (unpaired) electrons. The van der Waals surface area contributed by atoms with Crippen LogP contribution < -0.4 is 5.73 Å². The van der Waals surface area contributed by atoms with E-state index in [0.717, 1.165) is 19.3 Å². The minimum absolute atomic E-state index is 0.00646. The van der Waals surface area contributed by atoms with Gasteiger partial charge in [0.1, 0.15) is 0 Å². The number of likely N-dealkylation sites (N-methyl/N-ethyl adjacent to an activating group) is 2. The van der Waals surface area contributed by atoms with E-state index in [1.807, 2.05) is 0 Å². The van der Waals surface area contributed by atoms with Gasteiger partial charge in [0.25, 0.3) is 0 Å². The molecule has 0 spiro atoms. The molecule has 0 aliphatic heterocycles. The van der Waals surface area contributed by atoms with Gasteiger partial charge in [0.15, 0.2) is 0 Å². The molecule has 0 aromatic rings. The van der Waals surface area contributed by atoms with Crippen LogP contribution in [0.5, 0.6) is 0 Å². The molecular formula is C12H23N3O2. The van der Waals surface area contributed by atoms with Gasteiger partial charge in [-0.3, -0.25) is 9.59 Å². The van der Waals surface area contributed by atoms with Crippen LogP contribution in [0.2, 0.25) is 0 Å². The molecule has 0 heterocycles. The molecule has 0 aromatic heterocycles. The van der Waals surface area contributed by atoms with Crippen molar-refractivity contribution >= 4 is 11.8 Å². The lowest BCUT2D eigenvalue weighted by molar-refractivity contribution is -0.140. The second kappa shape index (κ2) is 5.49. The van der Waals surface area contributed by atoms with Gasteiger partial charge in [-0.15, -0.1) is 0 Å². The third-order valence-corrected chi connectivity index (χ3v) is 3.67. The van der Waals surface area contributed by atoms with E-state index in [2.05, 4.69) is 0 Å². The van der Waals surface area contributed by atoms with Gasteiger partial charge in [-0.05, 0) is 24.8 Å². The van der Waals surface area contributed by atoms with Crippen LogP contribution in [0.1, 0.15) is 25.7 Å². The normalized spacial score (nSPS) is 17.2. The Kier molecular flexibility index (Phi) is 4.51. The lowest BCUT2D eigenvalue weighted by atomic mass is 9.66. The topological polar surface area (TPSA) is 66.6 Å². The summed E-state index contributed by atoms with van der Waals surface area (Å²) < 4.78 is 0. The summed E-state index contributed by atoms with van der Waals surface area (Å²) in [6, 6.07) is 0. The molecule has 1 aliphatic rings. The largest absolute Gasteiger partial charge is 0.347 e. The Morgan fingerprint density at radius 2 is 1.76 bits per heavy atom. The predicted octanol–water partition coefficient (Wildman–Crippen LogP) is 0.0521. The van der Waals surface area contributed by atoms with Crippen LogP contribution >= 0.6 is 0 Å². The van der Waals surface area contributed by atoms with Crippen molar-refractivity contribution in [1.29, 1.82) is 0 Å². The zero-order valence-electron chi connectivity index (χ0n) is 11.0. The summed E-state index contributed by atoms with van der Waals surface area (Å²) in [5.74, 6) is -0.0402. The molecule has 0 bridgehead atoms. The van der Waals surface area contributed by atoms with Gasteiger partial charge in [0.2, 0.25) is 11.8 Å². The maximum absolute atomic E-state index is 12.0. The van der Waals surface area contributed by atoms with Gasteiger partial charge in [0, 0.05) is 27.6 Å². The monoisotopic (exact) mass is 241 g/mol. The predicted molar refractivity (Wildman–Crippen MR) is 66.3 cm³/mol. The number of hydrogen-bond donors (Lipinski definition) is 1. The summed E-state index contributed by atoms with van der Waals surface area (Å²) in [4.78, 5) is 26.4. The first-order valence-electron chi connectivity index (χ1n) is 6.04. The molecule has 0 atom stereocenters. The highest BCUT2D eigenvalue weighted by Crippen LogP contribution is 2.43. The molecule has 17 heavy (non-hydrogen) atoms. The molecule has 0 saturated heterocycles. The van der Waals surface area contributed by atoms with E-state index in [-0.39, 0.29) is 23.8 Å². The molecule has 2 N–H and O–H groups in total. The Labute approximate surface area is 103 Å². The molecule has 5 heteroatoms. The molecule has 0 unspecified atom stereocenters. The Morgan fingerprint density at radius 3 is 2.12 bits per heavy atom. The third kappa shape index (κ3) is 3.43. The van der Waals surface area contributed by atoms with Crippen molar-refractivity contribution < 1.29 is 9.59 Å². The van der Waals surface area contributed by atoms with Crippen LogP contribution in [0.15, 0.2) is 0 Å². The second-order valence-corrected chi connectivity index (χ2v) is 5.27. The van der Waals surface area contributed by atoms with Crippen molar-refractivity contribution in [2.75, 3.05) is 34.2 Å². The fraction of sp³-hybridized carbons (Fsp3) is 0.833. The fourth-order valence-corrected chi connectivity index (χ4v) is 2.02. The first-order chi connectivity index (χ1) is 7.90. The van der Waals surface area contributed by atoms with E-state index in [1.54, 1.807) is 21.1 Å². The maximum Gasteiger partial charge on any atom is 0.241 e. The number of amides is 2. The minimum atomic E-state index is -0.0590. The molecule has 1 saturated carbocycles. The number of carbonyl (C=O) groups is 2. The SMILES string of the molecule is CN(C)C(=O)CN(C)C(=O)CC1(CN)CCC1. The first kappa shape index (κ1) is 14.0. The van der Waals surface area contributed by atoms with Gasteiger partial charge < -0.3 is 15.5 Å². The van der Waals surface area contributed by atoms with Crippen molar-refractivity contribution in [3.63, 3.8) is 0 Å². The van der Waals surface area contributed by atoms with Gasteiger partial charge in [-0.2, -0.15) is 0 Å². The van der Waals surface area contributed by atoms with E-state index in [1.165, 1.54) is 9.80 Å². The molecule has 1 fully saturated rings. The van der Waals surface area contributed by atoms with Gasteiger partial charge in [-0.25, -0.2) is 0 Å². The zero-order chi connectivity index (χ0) is 13.1. The summed E-state index contributed by atoms with van der Waals surface area (Å²) in [6.07, 6.45) is 3.70. The van der Waals surface area contributed by atoms with Crippen LogP contribution in [0, 0.1) is 5.41 Å². The van der Waals surface area contributed by atoms with Crippen molar-refractivity contribution in [2.45, 2.75) is 25.7 Å².